The van der Waals surface area contributed by atoms with E-state index in [1.807, 2.05) is 0 Å². The van der Waals surface area contributed by atoms with Crippen LogP contribution >= 0.6 is 0 Å². The fourth-order valence-electron chi connectivity index (χ4n) is 3.37. The summed E-state index contributed by atoms with van der Waals surface area (Å²) >= 11 is 0. The zero-order valence-electron chi connectivity index (χ0n) is 10.8. The number of aliphatic hydroxyl groups excluding tert-OH is 1. The predicted molar refractivity (Wildman–Crippen MR) is 67.4 cm³/mol. The topological polar surface area (TPSA) is 32.3 Å². The van der Waals surface area contributed by atoms with Gasteiger partial charge >= 0.3 is 0 Å². The third-order valence-electron chi connectivity index (χ3n) is 4.65. The minimum Gasteiger partial charge on any atom is -0.392 e. The Hall–Kier alpha value is -0.0800. The van der Waals surface area contributed by atoms with Crippen LogP contribution in [0.25, 0.3) is 0 Å². The van der Waals surface area contributed by atoms with E-state index in [0.29, 0.717) is 17.5 Å². The predicted octanol–water partition coefficient (Wildman–Crippen LogP) is 2.85. The van der Waals surface area contributed by atoms with Gasteiger partial charge in [-0.05, 0) is 31.1 Å². The molecule has 0 aromatic carbocycles. The maximum absolute atomic E-state index is 10.0. The van der Waals surface area contributed by atoms with E-state index in [1.54, 1.807) is 0 Å². The van der Waals surface area contributed by atoms with E-state index < -0.39 is 0 Å². The van der Waals surface area contributed by atoms with Crippen LogP contribution in [0.3, 0.4) is 0 Å². The van der Waals surface area contributed by atoms with Gasteiger partial charge in [0.15, 0.2) is 0 Å². The quantitative estimate of drug-likeness (QED) is 0.757. The Labute approximate surface area is 99.8 Å². The van der Waals surface area contributed by atoms with Crippen LogP contribution in [0, 0.1) is 5.41 Å². The molecule has 0 bridgehead atoms. The highest BCUT2D eigenvalue weighted by Gasteiger charge is 2.35. The second-order valence-electron chi connectivity index (χ2n) is 6.41. The van der Waals surface area contributed by atoms with Crippen molar-refractivity contribution in [3.63, 3.8) is 0 Å². The minimum atomic E-state index is -0.105. The van der Waals surface area contributed by atoms with E-state index in [9.17, 15) is 5.11 Å². The van der Waals surface area contributed by atoms with Gasteiger partial charge in [0.2, 0.25) is 0 Å². The average molecular weight is 225 g/mol. The summed E-state index contributed by atoms with van der Waals surface area (Å²) in [6, 6.07) is 0.968. The van der Waals surface area contributed by atoms with Crippen LogP contribution in [-0.4, -0.2) is 23.3 Å². The Bertz CT molecular complexity index is 227. The van der Waals surface area contributed by atoms with E-state index in [2.05, 4.69) is 19.2 Å². The highest BCUT2D eigenvalue weighted by atomic mass is 16.3. The zero-order chi connectivity index (χ0) is 11.6. The lowest BCUT2D eigenvalue weighted by atomic mass is 9.72. The standard InChI is InChI=1S/C14H27NO/c1-14(2)10-6-5-9-13(14)15-11-7-3-4-8-12(11)16/h11-13,15-16H,3-10H2,1-2H3/t11-,12-,13?/m0/s1. The molecule has 2 aliphatic rings. The Morgan fingerprint density at radius 1 is 1.00 bits per heavy atom. The first kappa shape index (κ1) is 12.4. The van der Waals surface area contributed by atoms with Crippen molar-refractivity contribution >= 4 is 0 Å². The zero-order valence-corrected chi connectivity index (χ0v) is 10.8. The van der Waals surface area contributed by atoms with Gasteiger partial charge in [-0.25, -0.2) is 0 Å². The second kappa shape index (κ2) is 5.05. The van der Waals surface area contributed by atoms with E-state index >= 15 is 0 Å². The third-order valence-corrected chi connectivity index (χ3v) is 4.65. The summed E-state index contributed by atoms with van der Waals surface area (Å²) in [5.74, 6) is 0. The number of hydrogen-bond acceptors (Lipinski definition) is 2. The van der Waals surface area contributed by atoms with E-state index in [1.165, 1.54) is 38.5 Å². The second-order valence-corrected chi connectivity index (χ2v) is 6.41. The molecule has 2 N–H and O–H groups in total. The number of hydrogen-bond donors (Lipinski definition) is 2. The Morgan fingerprint density at radius 3 is 2.38 bits per heavy atom. The molecule has 0 amide bonds. The maximum atomic E-state index is 10.0. The molecule has 0 spiro atoms. The molecule has 2 nitrogen and oxygen atoms in total. The van der Waals surface area contributed by atoms with Gasteiger partial charge in [0, 0.05) is 12.1 Å². The number of rotatable bonds is 2. The number of aliphatic hydroxyl groups is 1. The van der Waals surface area contributed by atoms with Gasteiger partial charge in [0.1, 0.15) is 0 Å². The Kier molecular flexibility index (Phi) is 3.91. The minimum absolute atomic E-state index is 0.105. The Balaban J connectivity index is 1.91. The van der Waals surface area contributed by atoms with Crippen molar-refractivity contribution in [1.29, 1.82) is 0 Å². The van der Waals surface area contributed by atoms with Gasteiger partial charge in [-0.2, -0.15) is 0 Å². The van der Waals surface area contributed by atoms with Crippen LogP contribution in [0.1, 0.15) is 65.2 Å². The highest BCUT2D eigenvalue weighted by molar-refractivity contribution is 4.92. The third kappa shape index (κ3) is 2.78. The maximum Gasteiger partial charge on any atom is 0.0693 e. The molecule has 0 aromatic rings. The van der Waals surface area contributed by atoms with Crippen LogP contribution in [0.2, 0.25) is 0 Å². The summed E-state index contributed by atoms with van der Waals surface area (Å²) in [5.41, 5.74) is 0.412. The highest BCUT2D eigenvalue weighted by Crippen LogP contribution is 2.36. The summed E-state index contributed by atoms with van der Waals surface area (Å²) in [5, 5.41) is 13.8. The molecule has 2 aliphatic carbocycles. The fourth-order valence-corrected chi connectivity index (χ4v) is 3.37. The van der Waals surface area contributed by atoms with Crippen LogP contribution in [0.15, 0.2) is 0 Å². The molecule has 0 aliphatic heterocycles. The molecule has 2 saturated carbocycles. The molecular weight excluding hydrogens is 198 g/mol. The molecule has 16 heavy (non-hydrogen) atoms. The summed E-state index contributed by atoms with van der Waals surface area (Å²) in [7, 11) is 0. The van der Waals surface area contributed by atoms with Crippen molar-refractivity contribution in [3.05, 3.63) is 0 Å². The molecule has 0 saturated heterocycles. The number of nitrogens with one attached hydrogen (secondary N) is 1. The smallest absolute Gasteiger partial charge is 0.0693 e. The van der Waals surface area contributed by atoms with Crippen LogP contribution in [0.5, 0.6) is 0 Å². The summed E-state index contributed by atoms with van der Waals surface area (Å²) in [4.78, 5) is 0. The first-order chi connectivity index (χ1) is 7.59. The molecule has 0 aromatic heterocycles. The normalized spacial score (nSPS) is 39.6. The van der Waals surface area contributed by atoms with E-state index in [-0.39, 0.29) is 6.10 Å². The monoisotopic (exact) mass is 225 g/mol. The molecule has 1 unspecified atom stereocenters. The van der Waals surface area contributed by atoms with Crippen molar-refractivity contribution in [2.45, 2.75) is 83.4 Å². The van der Waals surface area contributed by atoms with Gasteiger partial charge in [-0.15, -0.1) is 0 Å². The van der Waals surface area contributed by atoms with Crippen molar-refractivity contribution in [3.8, 4) is 0 Å². The van der Waals surface area contributed by atoms with Crippen LogP contribution < -0.4 is 5.32 Å². The Morgan fingerprint density at radius 2 is 1.69 bits per heavy atom. The molecule has 0 heterocycles. The lowest BCUT2D eigenvalue weighted by Gasteiger charge is -2.43. The van der Waals surface area contributed by atoms with Gasteiger partial charge in [0.25, 0.3) is 0 Å². The van der Waals surface area contributed by atoms with Crippen molar-refractivity contribution in [2.24, 2.45) is 5.41 Å². The molecule has 2 fully saturated rings. The van der Waals surface area contributed by atoms with Crippen LogP contribution in [0.4, 0.5) is 0 Å². The largest absolute Gasteiger partial charge is 0.392 e. The molecule has 0 radical (unpaired) electrons. The first-order valence-corrected chi connectivity index (χ1v) is 7.04. The lowest BCUT2D eigenvalue weighted by Crippen LogP contribution is -2.53. The van der Waals surface area contributed by atoms with Crippen LogP contribution in [-0.2, 0) is 0 Å². The van der Waals surface area contributed by atoms with Gasteiger partial charge in [-0.1, -0.05) is 39.5 Å². The summed E-state index contributed by atoms with van der Waals surface area (Å²) in [6.07, 6.45) is 9.87. The SMILES string of the molecule is CC1(C)CCCCC1N[C@H]1CCCC[C@@H]1O. The fraction of sp³-hybridized carbons (Fsp3) is 1.00. The van der Waals surface area contributed by atoms with Gasteiger partial charge < -0.3 is 10.4 Å². The first-order valence-electron chi connectivity index (χ1n) is 7.04. The molecule has 2 rings (SSSR count). The molecular formula is C14H27NO. The molecule has 3 atom stereocenters. The van der Waals surface area contributed by atoms with E-state index in [0.717, 1.165) is 12.8 Å². The van der Waals surface area contributed by atoms with E-state index in [4.69, 9.17) is 0 Å². The average Bonchev–Trinajstić information content (AvgIpc) is 2.24. The molecule has 2 heteroatoms. The van der Waals surface area contributed by atoms with Crippen molar-refractivity contribution < 1.29 is 5.11 Å². The van der Waals surface area contributed by atoms with Gasteiger partial charge in [-0.3, -0.25) is 0 Å². The lowest BCUT2D eigenvalue weighted by molar-refractivity contribution is 0.0608. The van der Waals surface area contributed by atoms with Gasteiger partial charge in [0.05, 0.1) is 6.10 Å². The van der Waals surface area contributed by atoms with Crippen molar-refractivity contribution in [1.82, 2.24) is 5.32 Å². The molecule has 94 valence electrons. The summed E-state index contributed by atoms with van der Waals surface area (Å²) in [6.45, 7) is 4.75. The van der Waals surface area contributed by atoms with Crippen molar-refractivity contribution in [2.75, 3.05) is 0 Å². The summed E-state index contributed by atoms with van der Waals surface area (Å²) < 4.78 is 0.